The molecule has 4 nitrogen and oxygen atoms in total. The fraction of sp³-hybridized carbons (Fsp3) is 0.647. The number of halogens is 1. The Bertz CT molecular complexity index is 491. The Morgan fingerprint density at radius 3 is 2.77 bits per heavy atom. The Balaban J connectivity index is 1.64. The molecule has 3 rings (SSSR count). The van der Waals surface area contributed by atoms with Crippen molar-refractivity contribution in [3.05, 3.63) is 24.0 Å². The smallest absolute Gasteiger partial charge is 0.148 e. The lowest BCUT2D eigenvalue weighted by Crippen LogP contribution is -2.31. The average molecular weight is 307 g/mol. The highest BCUT2D eigenvalue weighted by molar-refractivity contribution is 5.58. The molecule has 0 aliphatic carbocycles. The zero-order chi connectivity index (χ0) is 15.4. The highest BCUT2D eigenvalue weighted by Gasteiger charge is 2.24. The molecule has 1 unspecified atom stereocenters. The summed E-state index contributed by atoms with van der Waals surface area (Å²) in [6.45, 7) is 7.16. The number of ether oxygens (including phenoxy) is 1. The second-order valence-corrected chi connectivity index (χ2v) is 6.13. The summed E-state index contributed by atoms with van der Waals surface area (Å²) < 4.78 is 20.2. The van der Waals surface area contributed by atoms with Gasteiger partial charge in [-0.1, -0.05) is 6.92 Å². The molecule has 0 saturated carbocycles. The van der Waals surface area contributed by atoms with E-state index in [2.05, 4.69) is 22.0 Å². The monoisotopic (exact) mass is 307 g/mol. The fourth-order valence-electron chi connectivity index (χ4n) is 3.24. The van der Waals surface area contributed by atoms with Gasteiger partial charge in [0, 0.05) is 31.9 Å². The van der Waals surface area contributed by atoms with Gasteiger partial charge in [-0.15, -0.1) is 0 Å². The van der Waals surface area contributed by atoms with E-state index in [1.54, 1.807) is 6.07 Å². The maximum absolute atomic E-state index is 14.5. The first-order chi connectivity index (χ1) is 10.8. The van der Waals surface area contributed by atoms with Crippen LogP contribution in [-0.4, -0.2) is 45.6 Å². The molecule has 0 spiro atoms. The van der Waals surface area contributed by atoms with Gasteiger partial charge in [0.15, 0.2) is 0 Å². The van der Waals surface area contributed by atoms with Crippen molar-refractivity contribution in [1.82, 2.24) is 5.32 Å². The molecule has 2 aliphatic rings. The lowest BCUT2D eigenvalue weighted by Gasteiger charge is -2.29. The van der Waals surface area contributed by atoms with Crippen LogP contribution < -0.4 is 15.1 Å². The number of hydrogen-bond acceptors (Lipinski definition) is 4. The van der Waals surface area contributed by atoms with Crippen LogP contribution in [0.15, 0.2) is 18.2 Å². The Labute approximate surface area is 132 Å². The number of anilines is 2. The number of likely N-dealkylation sites (N-methyl/N-ethyl adjacent to an activating group) is 1. The molecule has 5 heteroatoms. The predicted molar refractivity (Wildman–Crippen MR) is 88.1 cm³/mol. The van der Waals surface area contributed by atoms with Gasteiger partial charge >= 0.3 is 0 Å². The maximum Gasteiger partial charge on any atom is 0.148 e. The van der Waals surface area contributed by atoms with E-state index in [-0.39, 0.29) is 11.9 Å². The maximum atomic E-state index is 14.5. The number of nitrogens with zero attached hydrogens (tertiary/aromatic N) is 2. The third-order valence-electron chi connectivity index (χ3n) is 4.51. The Hall–Kier alpha value is -1.33. The van der Waals surface area contributed by atoms with E-state index >= 15 is 0 Å². The minimum absolute atomic E-state index is 0.116. The van der Waals surface area contributed by atoms with Crippen LogP contribution in [0.4, 0.5) is 15.8 Å². The van der Waals surface area contributed by atoms with E-state index in [0.717, 1.165) is 56.9 Å². The SMILES string of the molecule is CCNCC1CN(c2ccc(N3CCCCC3)c(F)c2)CO1. The van der Waals surface area contributed by atoms with E-state index in [1.807, 2.05) is 12.1 Å². The van der Waals surface area contributed by atoms with Crippen LogP contribution >= 0.6 is 0 Å². The summed E-state index contributed by atoms with van der Waals surface area (Å²) >= 11 is 0. The van der Waals surface area contributed by atoms with Gasteiger partial charge in [0.25, 0.3) is 0 Å². The minimum Gasteiger partial charge on any atom is -0.369 e. The zero-order valence-corrected chi connectivity index (χ0v) is 13.4. The first-order valence-corrected chi connectivity index (χ1v) is 8.39. The summed E-state index contributed by atoms with van der Waals surface area (Å²) in [7, 11) is 0. The van der Waals surface area contributed by atoms with Gasteiger partial charge in [0.05, 0.1) is 11.8 Å². The molecule has 2 heterocycles. The summed E-state index contributed by atoms with van der Waals surface area (Å²) in [6, 6.07) is 5.60. The molecule has 1 aromatic rings. The van der Waals surface area contributed by atoms with E-state index in [9.17, 15) is 4.39 Å². The number of benzene rings is 1. The largest absolute Gasteiger partial charge is 0.369 e. The second kappa shape index (κ2) is 7.29. The Morgan fingerprint density at radius 1 is 1.23 bits per heavy atom. The lowest BCUT2D eigenvalue weighted by atomic mass is 10.1. The molecule has 0 aromatic heterocycles. The summed E-state index contributed by atoms with van der Waals surface area (Å²) in [5.41, 5.74) is 1.66. The number of piperidine rings is 1. The summed E-state index contributed by atoms with van der Waals surface area (Å²) in [6.07, 6.45) is 3.76. The number of nitrogens with one attached hydrogen (secondary N) is 1. The number of hydrogen-bond donors (Lipinski definition) is 1. The van der Waals surface area contributed by atoms with E-state index < -0.39 is 0 Å². The standard InChI is InChI=1S/C17H26FN3O/c1-2-19-11-15-12-21(13-22-15)14-6-7-17(16(18)10-14)20-8-4-3-5-9-20/h6-7,10,15,19H,2-5,8-9,11-13H2,1H3. The van der Waals surface area contributed by atoms with Crippen LogP contribution in [0.3, 0.4) is 0 Å². The van der Waals surface area contributed by atoms with Crippen molar-refractivity contribution in [2.75, 3.05) is 49.3 Å². The molecule has 0 radical (unpaired) electrons. The molecular weight excluding hydrogens is 281 g/mol. The van der Waals surface area contributed by atoms with Gasteiger partial charge in [0.1, 0.15) is 12.5 Å². The van der Waals surface area contributed by atoms with E-state index in [4.69, 9.17) is 4.74 Å². The molecule has 122 valence electrons. The molecule has 2 saturated heterocycles. The van der Waals surface area contributed by atoms with Crippen molar-refractivity contribution >= 4 is 11.4 Å². The highest BCUT2D eigenvalue weighted by Crippen LogP contribution is 2.28. The Kier molecular flexibility index (Phi) is 5.16. The van der Waals surface area contributed by atoms with Crippen LogP contribution in [-0.2, 0) is 4.74 Å². The quantitative estimate of drug-likeness (QED) is 0.905. The molecule has 1 aromatic carbocycles. The third-order valence-corrected chi connectivity index (χ3v) is 4.51. The minimum atomic E-state index is -0.116. The molecule has 0 amide bonds. The van der Waals surface area contributed by atoms with Crippen LogP contribution in [0, 0.1) is 5.82 Å². The molecule has 2 fully saturated rings. The van der Waals surface area contributed by atoms with Crippen molar-refractivity contribution in [3.8, 4) is 0 Å². The fourth-order valence-corrected chi connectivity index (χ4v) is 3.24. The normalized spacial score (nSPS) is 22.4. The van der Waals surface area contributed by atoms with Crippen molar-refractivity contribution in [3.63, 3.8) is 0 Å². The van der Waals surface area contributed by atoms with Crippen molar-refractivity contribution in [2.45, 2.75) is 32.3 Å². The van der Waals surface area contributed by atoms with Crippen LogP contribution in [0.1, 0.15) is 26.2 Å². The summed E-state index contributed by atoms with van der Waals surface area (Å²) in [4.78, 5) is 4.27. The molecular formula is C17H26FN3O. The molecule has 2 aliphatic heterocycles. The van der Waals surface area contributed by atoms with Crippen LogP contribution in [0.2, 0.25) is 0 Å². The topological polar surface area (TPSA) is 27.7 Å². The molecule has 1 N–H and O–H groups in total. The van der Waals surface area contributed by atoms with Crippen LogP contribution in [0.25, 0.3) is 0 Å². The predicted octanol–water partition coefficient (Wildman–Crippen LogP) is 2.59. The van der Waals surface area contributed by atoms with Gasteiger partial charge < -0.3 is 19.9 Å². The first-order valence-electron chi connectivity index (χ1n) is 8.39. The van der Waals surface area contributed by atoms with Gasteiger partial charge in [-0.05, 0) is 44.0 Å². The summed E-state index contributed by atoms with van der Waals surface area (Å²) in [5.74, 6) is -0.116. The van der Waals surface area contributed by atoms with Crippen molar-refractivity contribution in [2.24, 2.45) is 0 Å². The lowest BCUT2D eigenvalue weighted by molar-refractivity contribution is 0.116. The molecule has 22 heavy (non-hydrogen) atoms. The third kappa shape index (κ3) is 3.52. The van der Waals surface area contributed by atoms with Gasteiger partial charge in [0.2, 0.25) is 0 Å². The van der Waals surface area contributed by atoms with E-state index in [0.29, 0.717) is 6.73 Å². The van der Waals surface area contributed by atoms with E-state index in [1.165, 1.54) is 6.42 Å². The van der Waals surface area contributed by atoms with Gasteiger partial charge in [-0.2, -0.15) is 0 Å². The van der Waals surface area contributed by atoms with Crippen LogP contribution in [0.5, 0.6) is 0 Å². The second-order valence-electron chi connectivity index (χ2n) is 6.13. The number of rotatable bonds is 5. The van der Waals surface area contributed by atoms with Crippen molar-refractivity contribution in [1.29, 1.82) is 0 Å². The first kappa shape index (κ1) is 15.6. The highest BCUT2D eigenvalue weighted by atomic mass is 19.1. The Morgan fingerprint density at radius 2 is 2.05 bits per heavy atom. The average Bonchev–Trinajstić information content (AvgIpc) is 3.02. The molecule has 1 atom stereocenters. The van der Waals surface area contributed by atoms with Crippen molar-refractivity contribution < 1.29 is 9.13 Å². The molecule has 0 bridgehead atoms. The zero-order valence-electron chi connectivity index (χ0n) is 13.4. The summed E-state index contributed by atoms with van der Waals surface area (Å²) in [5, 5.41) is 3.29. The van der Waals surface area contributed by atoms with Gasteiger partial charge in [-0.25, -0.2) is 4.39 Å². The van der Waals surface area contributed by atoms with Gasteiger partial charge in [-0.3, -0.25) is 0 Å².